The molecule has 3 heterocycles. The maximum absolute atomic E-state index is 12.0. The average Bonchev–Trinajstić information content (AvgIpc) is 3.44. The molecular weight excluding hydrogens is 408 g/mol. The molecule has 2 fully saturated rings. The minimum Gasteiger partial charge on any atom is -0.481 e. The molecule has 1 aromatic heterocycles. The molecule has 12 nitrogen and oxygen atoms in total. The van der Waals surface area contributed by atoms with Crippen LogP contribution in [0.3, 0.4) is 0 Å². The number of benzene rings is 1. The molecular formula is C19H24N6O6. The summed E-state index contributed by atoms with van der Waals surface area (Å²) >= 11 is 0. The predicted octanol–water partition coefficient (Wildman–Crippen LogP) is 0.220. The molecule has 4 unspecified atom stereocenters. The number of nitrogens with one attached hydrogen (secondary N) is 1. The number of carbonyl (C=O) groups excluding carboxylic acids is 1. The van der Waals surface area contributed by atoms with Crippen LogP contribution in [0.2, 0.25) is 0 Å². The van der Waals surface area contributed by atoms with E-state index in [1.165, 1.54) is 4.68 Å². The van der Waals surface area contributed by atoms with Gasteiger partial charge in [0.15, 0.2) is 0 Å². The Hall–Kier alpha value is -3.25. The van der Waals surface area contributed by atoms with Crippen LogP contribution in [0, 0.1) is 0 Å². The van der Waals surface area contributed by atoms with Crippen LogP contribution in [-0.2, 0) is 19.1 Å². The number of anilines is 1. The Morgan fingerprint density at radius 3 is 2.84 bits per heavy atom. The molecule has 2 aliphatic rings. The van der Waals surface area contributed by atoms with Crippen LogP contribution in [0.15, 0.2) is 24.3 Å². The molecule has 31 heavy (non-hydrogen) atoms. The van der Waals surface area contributed by atoms with Crippen LogP contribution in [0.4, 0.5) is 5.69 Å². The molecule has 0 bridgehead atoms. The van der Waals surface area contributed by atoms with E-state index in [4.69, 9.17) is 19.3 Å². The summed E-state index contributed by atoms with van der Waals surface area (Å²) in [7, 11) is 3.88. The lowest BCUT2D eigenvalue weighted by atomic mass is 10.1. The molecule has 166 valence electrons. The van der Waals surface area contributed by atoms with Crippen molar-refractivity contribution in [3.63, 3.8) is 0 Å². The summed E-state index contributed by atoms with van der Waals surface area (Å²) in [4.78, 5) is 24.6. The summed E-state index contributed by atoms with van der Waals surface area (Å²) in [6.45, 7) is 0.545. The molecule has 12 heteroatoms. The van der Waals surface area contributed by atoms with E-state index in [-0.39, 0.29) is 62.3 Å². The normalized spacial score (nSPS) is 24.6. The number of carbonyl (C=O) groups is 2. The van der Waals surface area contributed by atoms with E-state index < -0.39 is 5.97 Å². The fraction of sp³-hybridized carbons (Fsp3) is 0.526. The number of carboxylic acids is 1. The number of hydrogen-bond donors (Lipinski definition) is 2. The fourth-order valence-corrected chi connectivity index (χ4v) is 3.70. The Labute approximate surface area is 178 Å². The zero-order valence-corrected chi connectivity index (χ0v) is 17.2. The molecule has 2 saturated heterocycles. The van der Waals surface area contributed by atoms with Gasteiger partial charge in [-0.2, -0.15) is 4.68 Å². The van der Waals surface area contributed by atoms with Crippen LogP contribution < -0.4 is 15.0 Å². The molecule has 2 N–H and O–H groups in total. The molecule has 0 radical (unpaired) electrons. The van der Waals surface area contributed by atoms with Crippen molar-refractivity contribution in [2.24, 2.45) is 0 Å². The number of ether oxygens (including phenoxy) is 3. The van der Waals surface area contributed by atoms with Gasteiger partial charge in [-0.3, -0.25) is 9.59 Å². The number of carboxylic acid groups (broad SMARTS) is 1. The standard InChI is InChI=1S/C19H24N6O6/c1-24(2)11-4-3-5-12(8-11)31-19-21-22-23-25(19)14-10-30-17-13(9-29-18(14)17)20-15(26)6-7-16(27)28/h3-5,8,13-14,17-18H,6-7,9-10H2,1-2H3,(H,20,26)(H,27,28). The zero-order chi connectivity index (χ0) is 22.0. The second-order valence-corrected chi connectivity index (χ2v) is 7.63. The first-order chi connectivity index (χ1) is 14.9. The summed E-state index contributed by atoms with van der Waals surface area (Å²) in [5, 5.41) is 23.3. The molecule has 0 saturated carbocycles. The van der Waals surface area contributed by atoms with E-state index in [0.717, 1.165) is 5.69 Å². The van der Waals surface area contributed by atoms with E-state index in [0.29, 0.717) is 5.75 Å². The van der Waals surface area contributed by atoms with Gasteiger partial charge in [-0.1, -0.05) is 11.2 Å². The van der Waals surface area contributed by atoms with Gasteiger partial charge in [-0.25, -0.2) is 0 Å². The number of hydrogen-bond acceptors (Lipinski definition) is 9. The largest absolute Gasteiger partial charge is 0.481 e. The van der Waals surface area contributed by atoms with Crippen LogP contribution in [0.25, 0.3) is 0 Å². The third-order valence-corrected chi connectivity index (χ3v) is 5.26. The van der Waals surface area contributed by atoms with Gasteiger partial charge >= 0.3 is 12.0 Å². The average molecular weight is 432 g/mol. The second-order valence-electron chi connectivity index (χ2n) is 7.63. The molecule has 4 atom stereocenters. The number of nitrogens with zero attached hydrogens (tertiary/aromatic N) is 5. The fourth-order valence-electron chi connectivity index (χ4n) is 3.70. The third-order valence-electron chi connectivity index (χ3n) is 5.26. The third kappa shape index (κ3) is 4.59. The maximum atomic E-state index is 12.0. The van der Waals surface area contributed by atoms with E-state index in [1.54, 1.807) is 0 Å². The molecule has 1 aromatic carbocycles. The van der Waals surface area contributed by atoms with Crippen molar-refractivity contribution in [2.45, 2.75) is 37.1 Å². The van der Waals surface area contributed by atoms with E-state index in [2.05, 4.69) is 20.8 Å². The van der Waals surface area contributed by atoms with Crippen molar-refractivity contribution >= 4 is 17.6 Å². The van der Waals surface area contributed by atoms with Gasteiger partial charge in [0.25, 0.3) is 0 Å². The first kappa shape index (κ1) is 21.0. The quantitative estimate of drug-likeness (QED) is 0.595. The number of tetrazole rings is 1. The minimum absolute atomic E-state index is 0.0936. The molecule has 1 amide bonds. The summed E-state index contributed by atoms with van der Waals surface area (Å²) in [6, 6.07) is 7.05. The number of rotatable bonds is 8. The molecule has 4 rings (SSSR count). The van der Waals surface area contributed by atoms with Gasteiger partial charge in [-0.05, 0) is 22.6 Å². The highest BCUT2D eigenvalue weighted by Gasteiger charge is 2.50. The molecule has 2 aliphatic heterocycles. The Kier molecular flexibility index (Phi) is 6.00. The van der Waals surface area contributed by atoms with Crippen LogP contribution in [-0.4, -0.2) is 82.7 Å². The zero-order valence-electron chi connectivity index (χ0n) is 17.2. The number of fused-ring (bicyclic) bond motifs is 1. The van der Waals surface area contributed by atoms with Crippen LogP contribution >= 0.6 is 0 Å². The molecule has 2 aromatic rings. The lowest BCUT2D eigenvalue weighted by Gasteiger charge is -2.18. The summed E-state index contributed by atoms with van der Waals surface area (Å²) < 4.78 is 19.2. The SMILES string of the molecule is CN(C)c1cccc(Oc2nnnn2C2COC3C(NC(=O)CCC(=O)O)COC32)c1. The van der Waals surface area contributed by atoms with Crippen LogP contribution in [0.5, 0.6) is 11.8 Å². The summed E-state index contributed by atoms with van der Waals surface area (Å²) in [5.41, 5.74) is 0.974. The lowest BCUT2D eigenvalue weighted by molar-refractivity contribution is -0.139. The van der Waals surface area contributed by atoms with Gasteiger partial charge in [0.1, 0.15) is 24.0 Å². The lowest BCUT2D eigenvalue weighted by Crippen LogP contribution is -2.44. The highest BCUT2D eigenvalue weighted by atomic mass is 16.6. The Bertz CT molecular complexity index is 949. The number of amides is 1. The van der Waals surface area contributed by atoms with Gasteiger partial charge in [0.2, 0.25) is 5.91 Å². The Morgan fingerprint density at radius 1 is 1.26 bits per heavy atom. The van der Waals surface area contributed by atoms with Gasteiger partial charge in [0, 0.05) is 32.3 Å². The van der Waals surface area contributed by atoms with E-state index in [1.807, 2.05) is 43.3 Å². The monoisotopic (exact) mass is 432 g/mol. The Balaban J connectivity index is 1.42. The minimum atomic E-state index is -1.02. The molecule has 0 spiro atoms. The summed E-state index contributed by atoms with van der Waals surface area (Å²) in [5.74, 6) is -0.778. The predicted molar refractivity (Wildman–Crippen MR) is 106 cm³/mol. The van der Waals surface area contributed by atoms with Crippen molar-refractivity contribution in [2.75, 3.05) is 32.2 Å². The number of aromatic nitrogens is 4. The topological polar surface area (TPSA) is 141 Å². The second kappa shape index (κ2) is 8.86. The van der Waals surface area contributed by atoms with E-state index in [9.17, 15) is 9.59 Å². The number of aliphatic carboxylic acids is 1. The van der Waals surface area contributed by atoms with Crippen molar-refractivity contribution in [3.8, 4) is 11.8 Å². The van der Waals surface area contributed by atoms with Gasteiger partial charge < -0.3 is 29.5 Å². The highest BCUT2D eigenvalue weighted by Crippen LogP contribution is 2.36. The van der Waals surface area contributed by atoms with E-state index >= 15 is 0 Å². The van der Waals surface area contributed by atoms with Gasteiger partial charge in [0.05, 0.1) is 25.7 Å². The van der Waals surface area contributed by atoms with Crippen molar-refractivity contribution in [1.29, 1.82) is 0 Å². The van der Waals surface area contributed by atoms with Gasteiger partial charge in [-0.15, -0.1) is 0 Å². The maximum Gasteiger partial charge on any atom is 0.341 e. The van der Waals surface area contributed by atoms with Crippen molar-refractivity contribution < 1.29 is 28.9 Å². The Morgan fingerprint density at radius 2 is 2.06 bits per heavy atom. The summed E-state index contributed by atoms with van der Waals surface area (Å²) in [6.07, 6.45) is -1.07. The first-order valence-corrected chi connectivity index (χ1v) is 9.90. The highest BCUT2D eigenvalue weighted by molar-refractivity contribution is 5.80. The molecule has 0 aliphatic carbocycles. The van der Waals surface area contributed by atoms with Crippen molar-refractivity contribution in [1.82, 2.24) is 25.5 Å². The smallest absolute Gasteiger partial charge is 0.341 e. The van der Waals surface area contributed by atoms with Crippen LogP contribution in [0.1, 0.15) is 18.9 Å². The van der Waals surface area contributed by atoms with Crippen molar-refractivity contribution in [3.05, 3.63) is 24.3 Å². The first-order valence-electron chi connectivity index (χ1n) is 9.90.